The first-order chi connectivity index (χ1) is 7.00. The van der Waals surface area contributed by atoms with Crippen LogP contribution in [-0.2, 0) is 0 Å². The van der Waals surface area contributed by atoms with E-state index in [4.69, 9.17) is 5.73 Å². The van der Waals surface area contributed by atoms with E-state index in [1.165, 1.54) is 0 Å². The molecule has 1 aromatic heterocycles. The van der Waals surface area contributed by atoms with E-state index >= 15 is 0 Å². The minimum absolute atomic E-state index is 0.0750. The molecule has 0 bridgehead atoms. The molecular formula is C11H20N4. The van der Waals surface area contributed by atoms with Crippen molar-refractivity contribution in [3.8, 4) is 0 Å². The smallest absolute Gasteiger partial charge is 0.221 e. The Balaban J connectivity index is 2.92. The summed E-state index contributed by atoms with van der Waals surface area (Å²) in [6, 6.07) is 0. The molecule has 0 spiro atoms. The molecule has 0 atom stereocenters. The van der Waals surface area contributed by atoms with Gasteiger partial charge in [0.2, 0.25) is 5.95 Å². The second-order valence-electron chi connectivity index (χ2n) is 4.15. The predicted octanol–water partition coefficient (Wildman–Crippen LogP) is 2.36. The first kappa shape index (κ1) is 11.8. The van der Waals surface area contributed by atoms with Gasteiger partial charge in [-0.25, -0.2) is 4.98 Å². The number of aryl methyl sites for hydroxylation is 1. The fraction of sp³-hybridized carbons (Fsp3) is 0.636. The molecule has 0 unspecified atom stereocenters. The number of aromatic nitrogens is 2. The Bertz CT molecular complexity index is 331. The number of nitrogens with two attached hydrogens (primary N) is 1. The lowest BCUT2D eigenvalue weighted by Crippen LogP contribution is -2.33. The maximum absolute atomic E-state index is 5.57. The highest BCUT2D eigenvalue weighted by molar-refractivity contribution is 5.47. The normalized spacial score (nSPS) is 11.5. The van der Waals surface area contributed by atoms with Crippen LogP contribution >= 0.6 is 0 Å². The van der Waals surface area contributed by atoms with E-state index in [1.54, 1.807) is 6.20 Å². The van der Waals surface area contributed by atoms with Crippen molar-refractivity contribution in [1.29, 1.82) is 0 Å². The van der Waals surface area contributed by atoms with E-state index in [9.17, 15) is 0 Å². The summed E-state index contributed by atoms with van der Waals surface area (Å²) in [4.78, 5) is 8.16. The van der Waals surface area contributed by atoms with Crippen LogP contribution in [0.1, 0.15) is 39.2 Å². The lowest BCUT2D eigenvalue weighted by Gasteiger charge is -2.29. The van der Waals surface area contributed by atoms with Gasteiger partial charge in [-0.3, -0.25) is 0 Å². The van der Waals surface area contributed by atoms with Crippen LogP contribution in [0.4, 0.5) is 11.8 Å². The van der Waals surface area contributed by atoms with Crippen LogP contribution in [0.25, 0.3) is 0 Å². The largest absolute Gasteiger partial charge is 0.368 e. The van der Waals surface area contributed by atoms with Crippen molar-refractivity contribution >= 4 is 11.8 Å². The zero-order valence-electron chi connectivity index (χ0n) is 9.96. The summed E-state index contributed by atoms with van der Waals surface area (Å²) in [5.41, 5.74) is 6.67. The lowest BCUT2D eigenvalue weighted by molar-refractivity contribution is 0.476. The first-order valence-electron chi connectivity index (χ1n) is 5.38. The fourth-order valence-electron chi connectivity index (χ4n) is 1.29. The van der Waals surface area contributed by atoms with Crippen LogP contribution in [0, 0.1) is 6.92 Å². The molecule has 0 aliphatic rings. The van der Waals surface area contributed by atoms with Gasteiger partial charge in [0.05, 0.1) is 0 Å². The van der Waals surface area contributed by atoms with E-state index in [-0.39, 0.29) is 5.54 Å². The maximum atomic E-state index is 5.57. The molecule has 3 N–H and O–H groups in total. The van der Waals surface area contributed by atoms with Crippen LogP contribution < -0.4 is 11.1 Å². The minimum atomic E-state index is 0.0750. The lowest BCUT2D eigenvalue weighted by atomic mass is 9.95. The molecule has 1 rings (SSSR count). The van der Waals surface area contributed by atoms with Crippen molar-refractivity contribution in [3.05, 3.63) is 11.8 Å². The number of nitrogens with one attached hydrogen (secondary N) is 1. The predicted molar refractivity (Wildman–Crippen MR) is 63.8 cm³/mol. The molecule has 4 nitrogen and oxygen atoms in total. The second kappa shape index (κ2) is 4.47. The monoisotopic (exact) mass is 208 g/mol. The van der Waals surface area contributed by atoms with E-state index in [0.717, 1.165) is 24.2 Å². The van der Waals surface area contributed by atoms with Gasteiger partial charge >= 0.3 is 0 Å². The number of hydrogen-bond donors (Lipinski definition) is 2. The molecule has 0 amide bonds. The molecule has 0 aliphatic carbocycles. The summed E-state index contributed by atoms with van der Waals surface area (Å²) < 4.78 is 0. The van der Waals surface area contributed by atoms with Crippen molar-refractivity contribution in [2.45, 2.75) is 46.1 Å². The quantitative estimate of drug-likeness (QED) is 0.797. The van der Waals surface area contributed by atoms with Gasteiger partial charge in [0, 0.05) is 17.3 Å². The average molecular weight is 208 g/mol. The molecule has 0 saturated heterocycles. The Morgan fingerprint density at radius 3 is 2.53 bits per heavy atom. The molecule has 1 aromatic rings. The molecule has 4 heteroatoms. The Labute approximate surface area is 91.3 Å². The molecular weight excluding hydrogens is 188 g/mol. The maximum Gasteiger partial charge on any atom is 0.221 e. The summed E-state index contributed by atoms with van der Waals surface area (Å²) in [6.45, 7) is 8.49. The number of nitrogens with zero attached hydrogens (tertiary/aromatic N) is 2. The Kier molecular flexibility index (Phi) is 3.50. The third-order valence-corrected chi connectivity index (χ3v) is 2.97. The van der Waals surface area contributed by atoms with E-state index in [2.05, 4.69) is 36.1 Å². The molecule has 0 saturated carbocycles. The summed E-state index contributed by atoms with van der Waals surface area (Å²) >= 11 is 0. The molecule has 15 heavy (non-hydrogen) atoms. The Morgan fingerprint density at radius 2 is 2.00 bits per heavy atom. The second-order valence-corrected chi connectivity index (χ2v) is 4.15. The van der Waals surface area contributed by atoms with Gasteiger partial charge in [0.15, 0.2) is 0 Å². The Hall–Kier alpha value is -1.32. The van der Waals surface area contributed by atoms with Crippen LogP contribution in [0.2, 0.25) is 0 Å². The number of anilines is 2. The van der Waals surface area contributed by atoms with Crippen molar-refractivity contribution in [2.24, 2.45) is 0 Å². The topological polar surface area (TPSA) is 63.8 Å². The number of hydrogen-bond acceptors (Lipinski definition) is 4. The van der Waals surface area contributed by atoms with Gasteiger partial charge < -0.3 is 11.1 Å². The van der Waals surface area contributed by atoms with Gasteiger partial charge in [-0.05, 0) is 26.7 Å². The zero-order valence-corrected chi connectivity index (χ0v) is 9.96. The standard InChI is InChI=1S/C11H20N4/c1-5-11(4,6-2)15-9-8(3)7-13-10(12)14-9/h7H,5-6H2,1-4H3,(H3,12,13,14,15). The molecule has 1 heterocycles. The summed E-state index contributed by atoms with van der Waals surface area (Å²) in [5, 5.41) is 3.43. The molecule has 84 valence electrons. The van der Waals surface area contributed by atoms with E-state index in [0.29, 0.717) is 5.95 Å². The molecule has 0 aliphatic heterocycles. The van der Waals surface area contributed by atoms with E-state index < -0.39 is 0 Å². The summed E-state index contributed by atoms with van der Waals surface area (Å²) in [5.74, 6) is 1.16. The summed E-state index contributed by atoms with van der Waals surface area (Å²) in [6.07, 6.45) is 3.84. The van der Waals surface area contributed by atoms with Crippen molar-refractivity contribution in [3.63, 3.8) is 0 Å². The van der Waals surface area contributed by atoms with Gasteiger partial charge in [0.25, 0.3) is 0 Å². The zero-order chi connectivity index (χ0) is 11.5. The van der Waals surface area contributed by atoms with Crippen LogP contribution in [-0.4, -0.2) is 15.5 Å². The number of rotatable bonds is 4. The highest BCUT2D eigenvalue weighted by Crippen LogP contribution is 2.22. The van der Waals surface area contributed by atoms with Crippen LogP contribution in [0.5, 0.6) is 0 Å². The third-order valence-electron chi connectivity index (χ3n) is 2.97. The number of nitrogen functional groups attached to an aromatic ring is 1. The van der Waals surface area contributed by atoms with Crippen molar-refractivity contribution < 1.29 is 0 Å². The molecule has 0 radical (unpaired) electrons. The van der Waals surface area contributed by atoms with E-state index in [1.807, 2.05) is 6.92 Å². The minimum Gasteiger partial charge on any atom is -0.368 e. The van der Waals surface area contributed by atoms with Crippen LogP contribution in [0.15, 0.2) is 6.20 Å². The highest BCUT2D eigenvalue weighted by atomic mass is 15.1. The highest BCUT2D eigenvalue weighted by Gasteiger charge is 2.20. The molecule has 0 aromatic carbocycles. The average Bonchev–Trinajstić information content (AvgIpc) is 2.23. The Morgan fingerprint density at radius 1 is 1.40 bits per heavy atom. The molecule has 0 fully saturated rings. The fourth-order valence-corrected chi connectivity index (χ4v) is 1.29. The van der Waals surface area contributed by atoms with Crippen LogP contribution in [0.3, 0.4) is 0 Å². The van der Waals surface area contributed by atoms with Gasteiger partial charge in [-0.2, -0.15) is 4.98 Å². The first-order valence-corrected chi connectivity index (χ1v) is 5.38. The van der Waals surface area contributed by atoms with Gasteiger partial charge in [-0.1, -0.05) is 13.8 Å². The summed E-state index contributed by atoms with van der Waals surface area (Å²) in [7, 11) is 0. The van der Waals surface area contributed by atoms with Crippen molar-refractivity contribution in [2.75, 3.05) is 11.1 Å². The third kappa shape index (κ3) is 2.81. The SMILES string of the molecule is CCC(C)(CC)Nc1nc(N)ncc1C. The van der Waals surface area contributed by atoms with Gasteiger partial charge in [-0.15, -0.1) is 0 Å². The van der Waals surface area contributed by atoms with Gasteiger partial charge in [0.1, 0.15) is 5.82 Å². The van der Waals surface area contributed by atoms with Crippen molar-refractivity contribution in [1.82, 2.24) is 9.97 Å².